The molecule has 0 saturated heterocycles. The Morgan fingerprint density at radius 2 is 1.80 bits per heavy atom. The zero-order valence-corrected chi connectivity index (χ0v) is 11.5. The van der Waals surface area contributed by atoms with Gasteiger partial charge in [-0.05, 0) is 34.4 Å². The average Bonchev–Trinajstić information content (AvgIpc) is 2.53. The Balaban J connectivity index is 2.15. The van der Waals surface area contributed by atoms with Gasteiger partial charge in [-0.3, -0.25) is 4.98 Å². The molecular weight excluding hydrogens is 246 g/mol. The van der Waals surface area contributed by atoms with Crippen molar-refractivity contribution in [3.63, 3.8) is 0 Å². The van der Waals surface area contributed by atoms with Crippen molar-refractivity contribution in [3.05, 3.63) is 77.6 Å². The summed E-state index contributed by atoms with van der Waals surface area (Å²) in [7, 11) is 0. The number of fused-ring (bicyclic) bond motifs is 1. The van der Waals surface area contributed by atoms with E-state index in [0.717, 1.165) is 34.0 Å². The van der Waals surface area contributed by atoms with E-state index < -0.39 is 6.10 Å². The van der Waals surface area contributed by atoms with Crippen LogP contribution in [0, 0.1) is 0 Å². The number of hydrogen-bond acceptors (Lipinski definition) is 2. The number of hydrogen-bond donors (Lipinski definition) is 1. The summed E-state index contributed by atoms with van der Waals surface area (Å²) in [6.45, 7) is 2.08. The minimum atomic E-state index is -0.683. The first-order valence-electron chi connectivity index (χ1n) is 6.90. The van der Waals surface area contributed by atoms with Gasteiger partial charge in [-0.25, -0.2) is 0 Å². The molecule has 0 saturated carbocycles. The van der Waals surface area contributed by atoms with Crippen LogP contribution in [0.1, 0.15) is 29.8 Å². The molecule has 2 heteroatoms. The van der Waals surface area contributed by atoms with Crippen LogP contribution in [0.25, 0.3) is 10.8 Å². The van der Waals surface area contributed by atoms with Gasteiger partial charge in [0.1, 0.15) is 6.10 Å². The first-order chi connectivity index (χ1) is 9.81. The van der Waals surface area contributed by atoms with Crippen molar-refractivity contribution in [1.29, 1.82) is 0 Å². The number of aryl methyl sites for hydroxylation is 1. The molecule has 0 aliphatic heterocycles. The first-order valence-corrected chi connectivity index (χ1v) is 6.90. The van der Waals surface area contributed by atoms with E-state index in [0.29, 0.717) is 0 Å². The Morgan fingerprint density at radius 1 is 1.00 bits per heavy atom. The van der Waals surface area contributed by atoms with Crippen LogP contribution in [0.2, 0.25) is 0 Å². The van der Waals surface area contributed by atoms with Crippen LogP contribution in [0.3, 0.4) is 0 Å². The molecule has 0 fully saturated rings. The van der Waals surface area contributed by atoms with Gasteiger partial charge in [-0.15, -0.1) is 0 Å². The van der Waals surface area contributed by atoms with Gasteiger partial charge in [0.25, 0.3) is 0 Å². The summed E-state index contributed by atoms with van der Waals surface area (Å²) in [6, 6.07) is 18.1. The second kappa shape index (κ2) is 5.43. The summed E-state index contributed by atoms with van der Waals surface area (Å²) in [5.74, 6) is 0. The Hall–Kier alpha value is -2.19. The first kappa shape index (κ1) is 12.8. The molecule has 100 valence electrons. The van der Waals surface area contributed by atoms with Crippen molar-refractivity contribution in [2.75, 3.05) is 0 Å². The number of aliphatic hydroxyl groups excluding tert-OH is 1. The fourth-order valence-corrected chi connectivity index (χ4v) is 2.63. The van der Waals surface area contributed by atoms with E-state index in [4.69, 9.17) is 0 Å². The maximum atomic E-state index is 10.7. The lowest BCUT2D eigenvalue weighted by Gasteiger charge is -2.16. The van der Waals surface area contributed by atoms with Crippen molar-refractivity contribution in [2.24, 2.45) is 0 Å². The number of rotatable bonds is 3. The summed E-state index contributed by atoms with van der Waals surface area (Å²) in [6.07, 6.45) is 1.92. The third kappa shape index (κ3) is 2.19. The highest BCUT2D eigenvalue weighted by Gasteiger charge is 2.17. The fraction of sp³-hybridized carbons (Fsp3) is 0.167. The standard InChI is InChI=1S/C18H17NO/c1-2-13-9-6-12-19-17(13)18(20)16-11-5-8-14-7-3-4-10-15(14)16/h3-12,18,20H,2H2,1H3. The zero-order chi connectivity index (χ0) is 13.9. The van der Waals surface area contributed by atoms with E-state index in [-0.39, 0.29) is 0 Å². The van der Waals surface area contributed by atoms with Crippen molar-refractivity contribution in [2.45, 2.75) is 19.4 Å². The van der Waals surface area contributed by atoms with E-state index in [1.807, 2.05) is 42.5 Å². The lowest BCUT2D eigenvalue weighted by molar-refractivity contribution is 0.215. The molecule has 0 amide bonds. The maximum Gasteiger partial charge on any atom is 0.122 e. The molecule has 3 rings (SSSR count). The molecule has 0 bridgehead atoms. The van der Waals surface area contributed by atoms with E-state index in [1.165, 1.54) is 0 Å². The van der Waals surface area contributed by atoms with E-state index >= 15 is 0 Å². The molecule has 20 heavy (non-hydrogen) atoms. The summed E-state index contributed by atoms with van der Waals surface area (Å²) in [5, 5.41) is 13.0. The normalized spacial score (nSPS) is 12.5. The largest absolute Gasteiger partial charge is 0.382 e. The molecule has 0 spiro atoms. The number of benzene rings is 2. The molecule has 1 atom stereocenters. The number of pyridine rings is 1. The number of nitrogens with zero attached hydrogens (tertiary/aromatic N) is 1. The van der Waals surface area contributed by atoms with Crippen LogP contribution < -0.4 is 0 Å². The van der Waals surface area contributed by atoms with Crippen LogP contribution >= 0.6 is 0 Å². The molecule has 1 N–H and O–H groups in total. The third-order valence-electron chi connectivity index (χ3n) is 3.68. The Morgan fingerprint density at radius 3 is 2.65 bits per heavy atom. The van der Waals surface area contributed by atoms with Gasteiger partial charge in [0.05, 0.1) is 5.69 Å². The average molecular weight is 263 g/mol. The molecule has 0 aliphatic rings. The summed E-state index contributed by atoms with van der Waals surface area (Å²) < 4.78 is 0. The third-order valence-corrected chi connectivity index (χ3v) is 3.68. The van der Waals surface area contributed by atoms with Gasteiger partial charge >= 0.3 is 0 Å². The molecule has 1 unspecified atom stereocenters. The van der Waals surface area contributed by atoms with Crippen molar-refractivity contribution < 1.29 is 5.11 Å². The van der Waals surface area contributed by atoms with Gasteiger partial charge in [0.2, 0.25) is 0 Å². The van der Waals surface area contributed by atoms with E-state index in [9.17, 15) is 5.11 Å². The highest BCUT2D eigenvalue weighted by Crippen LogP contribution is 2.29. The van der Waals surface area contributed by atoms with Gasteiger partial charge in [-0.2, -0.15) is 0 Å². The van der Waals surface area contributed by atoms with Gasteiger partial charge < -0.3 is 5.11 Å². The summed E-state index contributed by atoms with van der Waals surface area (Å²) in [5.41, 5.74) is 2.76. The highest BCUT2D eigenvalue weighted by molar-refractivity contribution is 5.86. The lowest BCUT2D eigenvalue weighted by Crippen LogP contribution is -2.06. The zero-order valence-electron chi connectivity index (χ0n) is 11.5. The van der Waals surface area contributed by atoms with E-state index in [1.54, 1.807) is 6.20 Å². The molecule has 1 aromatic heterocycles. The predicted molar refractivity (Wildman–Crippen MR) is 81.6 cm³/mol. The van der Waals surface area contributed by atoms with Crippen LogP contribution in [0.4, 0.5) is 0 Å². The monoisotopic (exact) mass is 263 g/mol. The SMILES string of the molecule is CCc1cccnc1C(O)c1cccc2ccccc12. The number of aromatic nitrogens is 1. The van der Waals surface area contributed by atoms with Crippen LogP contribution in [0.5, 0.6) is 0 Å². The van der Waals surface area contributed by atoms with Crippen LogP contribution in [0.15, 0.2) is 60.8 Å². The summed E-state index contributed by atoms with van der Waals surface area (Å²) in [4.78, 5) is 4.38. The quantitative estimate of drug-likeness (QED) is 0.778. The Bertz CT molecular complexity index is 731. The Kier molecular flexibility index (Phi) is 3.48. The summed E-state index contributed by atoms with van der Waals surface area (Å²) >= 11 is 0. The molecular formula is C18H17NO. The molecule has 0 aliphatic carbocycles. The Labute approximate surface area is 118 Å². The van der Waals surface area contributed by atoms with Crippen molar-refractivity contribution in [1.82, 2.24) is 4.98 Å². The highest BCUT2D eigenvalue weighted by atomic mass is 16.3. The smallest absolute Gasteiger partial charge is 0.122 e. The van der Waals surface area contributed by atoms with Crippen LogP contribution in [-0.2, 0) is 6.42 Å². The van der Waals surface area contributed by atoms with Crippen LogP contribution in [-0.4, -0.2) is 10.1 Å². The minimum absolute atomic E-state index is 0.683. The van der Waals surface area contributed by atoms with Crippen molar-refractivity contribution in [3.8, 4) is 0 Å². The second-order valence-electron chi connectivity index (χ2n) is 4.87. The van der Waals surface area contributed by atoms with Gasteiger partial charge in [-0.1, -0.05) is 55.5 Å². The molecule has 1 heterocycles. The lowest BCUT2D eigenvalue weighted by atomic mass is 9.96. The topological polar surface area (TPSA) is 33.1 Å². The molecule has 3 aromatic rings. The van der Waals surface area contributed by atoms with Crippen molar-refractivity contribution >= 4 is 10.8 Å². The fourth-order valence-electron chi connectivity index (χ4n) is 2.63. The van der Waals surface area contributed by atoms with Gasteiger partial charge in [0.15, 0.2) is 0 Å². The van der Waals surface area contributed by atoms with Gasteiger partial charge in [0, 0.05) is 6.20 Å². The van der Waals surface area contributed by atoms with E-state index in [2.05, 4.69) is 24.0 Å². The molecule has 2 aromatic carbocycles. The molecule has 0 radical (unpaired) electrons. The second-order valence-corrected chi connectivity index (χ2v) is 4.87. The molecule has 2 nitrogen and oxygen atoms in total. The maximum absolute atomic E-state index is 10.7. The minimum Gasteiger partial charge on any atom is -0.382 e. The number of aliphatic hydroxyl groups is 1. The predicted octanol–water partition coefficient (Wildman–Crippen LogP) is 3.88.